The molecule has 20 heavy (non-hydrogen) atoms. The summed E-state index contributed by atoms with van der Waals surface area (Å²) >= 11 is 0. The first-order valence-electron chi connectivity index (χ1n) is 5.81. The number of unbranched alkanes of at least 4 members (excludes halogenated alkanes) is 1. The van der Waals surface area contributed by atoms with Crippen molar-refractivity contribution >= 4 is 10.0 Å². The van der Waals surface area contributed by atoms with Crippen LogP contribution in [0.1, 0.15) is 24.8 Å². The number of sulfonamides is 1. The smallest absolute Gasteiger partial charge is 0.211 e. The fourth-order valence-corrected chi connectivity index (χ4v) is 2.52. The van der Waals surface area contributed by atoms with Crippen molar-refractivity contribution in [3.05, 3.63) is 29.8 Å². The van der Waals surface area contributed by atoms with E-state index in [9.17, 15) is 21.6 Å². The van der Waals surface area contributed by atoms with Gasteiger partial charge in [0.05, 0.1) is 16.5 Å². The molecule has 1 aromatic rings. The molecule has 8 heteroatoms. The summed E-state index contributed by atoms with van der Waals surface area (Å²) in [6.07, 6.45) is -5.16. The molecule has 0 radical (unpaired) electrons. The second kappa shape index (κ2) is 6.72. The molecule has 0 saturated heterocycles. The van der Waals surface area contributed by atoms with Crippen LogP contribution in [0.3, 0.4) is 0 Å². The van der Waals surface area contributed by atoms with Crippen molar-refractivity contribution in [3.63, 3.8) is 0 Å². The van der Waals surface area contributed by atoms with Crippen LogP contribution in [-0.2, 0) is 10.0 Å². The van der Waals surface area contributed by atoms with E-state index in [-0.39, 0.29) is 24.3 Å². The predicted molar refractivity (Wildman–Crippen MR) is 66.3 cm³/mol. The Kier molecular flexibility index (Phi) is 5.53. The van der Waals surface area contributed by atoms with Gasteiger partial charge in [-0.05, 0) is 37.1 Å². The van der Waals surface area contributed by atoms with Crippen LogP contribution in [0.4, 0.5) is 13.2 Å². The van der Waals surface area contributed by atoms with Crippen molar-refractivity contribution in [1.82, 2.24) is 4.72 Å². The predicted octanol–water partition coefficient (Wildman–Crippen LogP) is 2.57. The van der Waals surface area contributed by atoms with Gasteiger partial charge in [0, 0.05) is 13.0 Å². The molecule has 0 amide bonds. The first-order chi connectivity index (χ1) is 9.24. The molecule has 0 aliphatic carbocycles. The standard InChI is InChI=1S/C12H13F3N2O2S/c13-12(14,15)7-1-2-8-17-20(18,19)11-5-3-10(9-16)4-6-11/h3-6,17H,1-2,7-8H2. The van der Waals surface area contributed by atoms with E-state index in [4.69, 9.17) is 5.26 Å². The number of benzene rings is 1. The Bertz CT molecular complexity index is 574. The molecule has 0 bridgehead atoms. The van der Waals surface area contributed by atoms with Crippen molar-refractivity contribution in [2.75, 3.05) is 6.54 Å². The van der Waals surface area contributed by atoms with Gasteiger partial charge in [-0.15, -0.1) is 0 Å². The van der Waals surface area contributed by atoms with Gasteiger partial charge >= 0.3 is 6.18 Å². The fourth-order valence-electron chi connectivity index (χ4n) is 1.45. The average Bonchev–Trinajstić information content (AvgIpc) is 2.37. The van der Waals surface area contributed by atoms with E-state index in [1.807, 2.05) is 6.07 Å². The SMILES string of the molecule is N#Cc1ccc(S(=O)(=O)NCCCCC(F)(F)F)cc1. The third-order valence-electron chi connectivity index (χ3n) is 2.47. The van der Waals surface area contributed by atoms with Gasteiger partial charge in [-0.25, -0.2) is 13.1 Å². The highest BCUT2D eigenvalue weighted by atomic mass is 32.2. The van der Waals surface area contributed by atoms with Crippen LogP contribution in [0.5, 0.6) is 0 Å². The summed E-state index contributed by atoms with van der Waals surface area (Å²) in [6, 6.07) is 7.13. The quantitative estimate of drug-likeness (QED) is 0.821. The summed E-state index contributed by atoms with van der Waals surface area (Å²) in [5.74, 6) is 0. The third kappa shape index (κ3) is 5.59. The second-order valence-corrected chi connectivity index (χ2v) is 5.87. The van der Waals surface area contributed by atoms with Crippen molar-refractivity contribution in [2.24, 2.45) is 0 Å². The molecule has 0 aromatic heterocycles. The number of nitriles is 1. The number of nitrogens with one attached hydrogen (secondary N) is 1. The highest BCUT2D eigenvalue weighted by Gasteiger charge is 2.25. The van der Waals surface area contributed by atoms with Crippen LogP contribution in [0.25, 0.3) is 0 Å². The van der Waals surface area contributed by atoms with Gasteiger partial charge in [0.1, 0.15) is 0 Å². The van der Waals surface area contributed by atoms with Gasteiger partial charge in [0.25, 0.3) is 0 Å². The summed E-state index contributed by atoms with van der Waals surface area (Å²) in [7, 11) is -3.74. The second-order valence-electron chi connectivity index (χ2n) is 4.11. The Morgan fingerprint density at radius 3 is 2.25 bits per heavy atom. The van der Waals surface area contributed by atoms with E-state index in [0.717, 1.165) is 0 Å². The molecule has 110 valence electrons. The molecule has 0 heterocycles. The van der Waals surface area contributed by atoms with Crippen LogP contribution in [-0.4, -0.2) is 21.1 Å². The lowest BCUT2D eigenvalue weighted by molar-refractivity contribution is -0.135. The first kappa shape index (κ1) is 16.5. The molecular weight excluding hydrogens is 293 g/mol. The van der Waals surface area contributed by atoms with Crippen molar-refractivity contribution in [3.8, 4) is 6.07 Å². The van der Waals surface area contributed by atoms with Crippen LogP contribution < -0.4 is 4.72 Å². The Morgan fingerprint density at radius 1 is 1.15 bits per heavy atom. The Balaban J connectivity index is 2.47. The first-order valence-corrected chi connectivity index (χ1v) is 7.29. The van der Waals surface area contributed by atoms with E-state index in [1.54, 1.807) is 0 Å². The number of hydrogen-bond acceptors (Lipinski definition) is 3. The largest absolute Gasteiger partial charge is 0.389 e. The van der Waals surface area contributed by atoms with Crippen LogP contribution in [0, 0.1) is 11.3 Å². The summed E-state index contributed by atoms with van der Waals surface area (Å²) in [6.45, 7) is -0.0571. The van der Waals surface area contributed by atoms with E-state index in [1.165, 1.54) is 24.3 Å². The molecular formula is C12H13F3N2O2S. The summed E-state index contributed by atoms with van der Waals surface area (Å²) in [5.41, 5.74) is 0.328. The lowest BCUT2D eigenvalue weighted by atomic mass is 10.2. The molecule has 0 aliphatic rings. The zero-order chi connectivity index (χ0) is 15.2. The molecule has 0 unspecified atom stereocenters. The molecule has 0 spiro atoms. The molecule has 0 fully saturated rings. The summed E-state index contributed by atoms with van der Waals surface area (Å²) in [5, 5.41) is 8.59. The minimum atomic E-state index is -4.22. The van der Waals surface area contributed by atoms with Crippen molar-refractivity contribution in [2.45, 2.75) is 30.3 Å². The molecule has 4 nitrogen and oxygen atoms in total. The molecule has 1 rings (SSSR count). The van der Waals surface area contributed by atoms with Crippen molar-refractivity contribution in [1.29, 1.82) is 5.26 Å². The normalized spacial score (nSPS) is 12.1. The average molecular weight is 306 g/mol. The molecule has 0 atom stereocenters. The number of rotatable bonds is 6. The third-order valence-corrected chi connectivity index (χ3v) is 3.95. The highest BCUT2D eigenvalue weighted by Crippen LogP contribution is 2.22. The van der Waals surface area contributed by atoms with Gasteiger partial charge in [-0.1, -0.05) is 0 Å². The maximum Gasteiger partial charge on any atom is 0.389 e. The lowest BCUT2D eigenvalue weighted by Gasteiger charge is -2.08. The van der Waals surface area contributed by atoms with Gasteiger partial charge in [-0.3, -0.25) is 0 Å². The Hall–Kier alpha value is -1.59. The van der Waals surface area contributed by atoms with Crippen LogP contribution >= 0.6 is 0 Å². The molecule has 1 aromatic carbocycles. The fraction of sp³-hybridized carbons (Fsp3) is 0.417. The molecule has 0 aliphatic heterocycles. The summed E-state index contributed by atoms with van der Waals surface area (Å²) in [4.78, 5) is -0.0210. The topological polar surface area (TPSA) is 70.0 Å². The monoisotopic (exact) mass is 306 g/mol. The molecule has 1 N–H and O–H groups in total. The number of hydrogen-bond donors (Lipinski definition) is 1. The lowest BCUT2D eigenvalue weighted by Crippen LogP contribution is -2.25. The minimum Gasteiger partial charge on any atom is -0.211 e. The van der Waals surface area contributed by atoms with Gasteiger partial charge in [0.2, 0.25) is 10.0 Å². The number of nitrogens with zero attached hydrogens (tertiary/aromatic N) is 1. The van der Waals surface area contributed by atoms with E-state index in [0.29, 0.717) is 5.56 Å². The maximum atomic E-state index is 11.9. The Morgan fingerprint density at radius 2 is 1.75 bits per heavy atom. The van der Waals surface area contributed by atoms with Gasteiger partial charge in [-0.2, -0.15) is 18.4 Å². The highest BCUT2D eigenvalue weighted by molar-refractivity contribution is 7.89. The zero-order valence-electron chi connectivity index (χ0n) is 10.4. The summed E-state index contributed by atoms with van der Waals surface area (Å²) < 4.78 is 61.4. The van der Waals surface area contributed by atoms with Gasteiger partial charge < -0.3 is 0 Å². The number of halogens is 3. The minimum absolute atomic E-state index is 0.0210. The maximum absolute atomic E-state index is 11.9. The molecule has 0 saturated carbocycles. The van der Waals surface area contributed by atoms with Crippen LogP contribution in [0.2, 0.25) is 0 Å². The van der Waals surface area contributed by atoms with Gasteiger partial charge in [0.15, 0.2) is 0 Å². The van der Waals surface area contributed by atoms with Crippen molar-refractivity contribution < 1.29 is 21.6 Å². The zero-order valence-corrected chi connectivity index (χ0v) is 11.3. The van der Waals surface area contributed by atoms with E-state index in [2.05, 4.69) is 4.72 Å². The Labute approximate surface area is 115 Å². The number of alkyl halides is 3. The van der Waals surface area contributed by atoms with Crippen LogP contribution in [0.15, 0.2) is 29.2 Å². The van der Waals surface area contributed by atoms with E-state index < -0.39 is 22.6 Å². The van der Waals surface area contributed by atoms with E-state index >= 15 is 0 Å².